The molecular formula is C13H19ClN4S. The fourth-order valence-electron chi connectivity index (χ4n) is 2.11. The third kappa shape index (κ3) is 3.55. The van der Waals surface area contributed by atoms with E-state index in [1.807, 2.05) is 18.7 Å². The summed E-state index contributed by atoms with van der Waals surface area (Å²) in [6.07, 6.45) is 3.62. The van der Waals surface area contributed by atoms with E-state index in [4.69, 9.17) is 11.6 Å². The first-order valence-corrected chi connectivity index (χ1v) is 7.69. The standard InChI is InChI=1S/C13H19ClN4S/c1-4-5-15-12(6-10-8-19-9(2)17-10)13-11(14)7-16-18(13)3/h7-8,12,15H,4-6H2,1-3H3. The molecule has 0 saturated heterocycles. The van der Waals surface area contributed by atoms with Crippen LogP contribution in [0.3, 0.4) is 0 Å². The van der Waals surface area contributed by atoms with Crippen molar-refractivity contribution in [1.29, 1.82) is 0 Å². The average Bonchev–Trinajstić information content (AvgIpc) is 2.92. The van der Waals surface area contributed by atoms with Crippen molar-refractivity contribution in [1.82, 2.24) is 20.1 Å². The molecular weight excluding hydrogens is 280 g/mol. The molecule has 2 aromatic rings. The molecule has 0 aliphatic carbocycles. The van der Waals surface area contributed by atoms with E-state index in [2.05, 4.69) is 27.7 Å². The van der Waals surface area contributed by atoms with Crippen molar-refractivity contribution >= 4 is 22.9 Å². The molecule has 0 saturated carbocycles. The third-order valence-electron chi connectivity index (χ3n) is 2.99. The minimum Gasteiger partial charge on any atom is -0.308 e. The van der Waals surface area contributed by atoms with Crippen LogP contribution in [0.15, 0.2) is 11.6 Å². The molecule has 0 aromatic carbocycles. The molecule has 19 heavy (non-hydrogen) atoms. The summed E-state index contributed by atoms with van der Waals surface area (Å²) in [7, 11) is 1.92. The van der Waals surface area contributed by atoms with E-state index in [9.17, 15) is 0 Å². The normalized spacial score (nSPS) is 12.8. The van der Waals surface area contributed by atoms with Gasteiger partial charge in [0.05, 0.1) is 33.7 Å². The lowest BCUT2D eigenvalue weighted by molar-refractivity contribution is 0.490. The SMILES string of the molecule is CCCNC(Cc1csc(C)n1)c1c(Cl)cnn1C. The Bertz CT molecular complexity index is 515. The molecule has 2 rings (SSSR count). The molecule has 1 unspecified atom stereocenters. The van der Waals surface area contributed by atoms with Gasteiger partial charge in [-0.05, 0) is 19.9 Å². The van der Waals surface area contributed by atoms with Gasteiger partial charge in [0.1, 0.15) is 0 Å². The molecule has 0 amide bonds. The third-order valence-corrected chi connectivity index (χ3v) is 4.10. The summed E-state index contributed by atoms with van der Waals surface area (Å²) in [6.45, 7) is 5.14. The van der Waals surface area contributed by atoms with Crippen LogP contribution in [0.1, 0.15) is 35.8 Å². The zero-order chi connectivity index (χ0) is 13.8. The minimum atomic E-state index is 0.154. The van der Waals surface area contributed by atoms with Crippen LogP contribution in [0.5, 0.6) is 0 Å². The lowest BCUT2D eigenvalue weighted by atomic mass is 10.1. The van der Waals surface area contributed by atoms with E-state index >= 15 is 0 Å². The van der Waals surface area contributed by atoms with Gasteiger partial charge in [-0.3, -0.25) is 4.68 Å². The van der Waals surface area contributed by atoms with Crippen LogP contribution < -0.4 is 5.32 Å². The number of halogens is 1. The zero-order valence-corrected chi connectivity index (χ0v) is 13.1. The predicted molar refractivity (Wildman–Crippen MR) is 79.8 cm³/mol. The summed E-state index contributed by atoms with van der Waals surface area (Å²) in [5.74, 6) is 0. The van der Waals surface area contributed by atoms with Crippen molar-refractivity contribution < 1.29 is 0 Å². The van der Waals surface area contributed by atoms with Gasteiger partial charge < -0.3 is 5.32 Å². The van der Waals surface area contributed by atoms with Gasteiger partial charge in [-0.25, -0.2) is 4.98 Å². The largest absolute Gasteiger partial charge is 0.308 e. The number of aromatic nitrogens is 3. The lowest BCUT2D eigenvalue weighted by Gasteiger charge is -2.18. The Morgan fingerprint density at radius 3 is 2.84 bits per heavy atom. The molecule has 2 aromatic heterocycles. The maximum Gasteiger partial charge on any atom is 0.0897 e. The van der Waals surface area contributed by atoms with Gasteiger partial charge in [-0.15, -0.1) is 11.3 Å². The summed E-state index contributed by atoms with van der Waals surface area (Å²) >= 11 is 7.93. The Morgan fingerprint density at radius 2 is 2.32 bits per heavy atom. The summed E-state index contributed by atoms with van der Waals surface area (Å²) < 4.78 is 1.84. The smallest absolute Gasteiger partial charge is 0.0897 e. The van der Waals surface area contributed by atoms with E-state index in [0.717, 1.165) is 35.8 Å². The van der Waals surface area contributed by atoms with Gasteiger partial charge in [-0.1, -0.05) is 18.5 Å². The second kappa shape index (κ2) is 6.50. The molecule has 0 aliphatic heterocycles. The van der Waals surface area contributed by atoms with Gasteiger partial charge in [0.25, 0.3) is 0 Å². The lowest BCUT2D eigenvalue weighted by Crippen LogP contribution is -2.26. The molecule has 1 N–H and O–H groups in total. The van der Waals surface area contributed by atoms with Crippen molar-refractivity contribution in [3.8, 4) is 0 Å². The highest BCUT2D eigenvalue weighted by atomic mass is 35.5. The van der Waals surface area contributed by atoms with Gasteiger partial charge in [0.15, 0.2) is 0 Å². The first-order chi connectivity index (χ1) is 9.11. The molecule has 6 heteroatoms. The summed E-state index contributed by atoms with van der Waals surface area (Å²) in [5, 5.41) is 11.7. The van der Waals surface area contributed by atoms with Crippen LogP contribution in [-0.2, 0) is 13.5 Å². The van der Waals surface area contributed by atoms with Crippen molar-refractivity contribution in [3.05, 3.63) is 33.0 Å². The van der Waals surface area contributed by atoms with Gasteiger partial charge in [0, 0.05) is 18.8 Å². The maximum absolute atomic E-state index is 6.25. The number of nitrogens with zero attached hydrogens (tertiary/aromatic N) is 3. The highest BCUT2D eigenvalue weighted by Gasteiger charge is 2.20. The Balaban J connectivity index is 2.20. The van der Waals surface area contributed by atoms with Crippen LogP contribution in [-0.4, -0.2) is 21.3 Å². The summed E-state index contributed by atoms with van der Waals surface area (Å²) in [6, 6.07) is 0.154. The van der Waals surface area contributed by atoms with E-state index in [1.165, 1.54) is 0 Å². The molecule has 0 aliphatic rings. The predicted octanol–water partition coefficient (Wildman–Crippen LogP) is 3.12. The molecule has 4 nitrogen and oxygen atoms in total. The monoisotopic (exact) mass is 298 g/mol. The average molecular weight is 299 g/mol. The second-order valence-electron chi connectivity index (χ2n) is 4.57. The number of thiazole rings is 1. The van der Waals surface area contributed by atoms with Crippen LogP contribution in [0.2, 0.25) is 5.02 Å². The zero-order valence-electron chi connectivity index (χ0n) is 11.5. The topological polar surface area (TPSA) is 42.7 Å². The molecule has 104 valence electrons. The van der Waals surface area contributed by atoms with Crippen molar-refractivity contribution in [2.75, 3.05) is 6.54 Å². The van der Waals surface area contributed by atoms with Crippen molar-refractivity contribution in [2.24, 2.45) is 7.05 Å². The first kappa shape index (κ1) is 14.5. The Hall–Kier alpha value is -0.910. The van der Waals surface area contributed by atoms with E-state index in [0.29, 0.717) is 5.02 Å². The van der Waals surface area contributed by atoms with E-state index in [-0.39, 0.29) is 6.04 Å². The van der Waals surface area contributed by atoms with Crippen LogP contribution in [0.25, 0.3) is 0 Å². The Kier molecular flexibility index (Phi) is 4.96. The van der Waals surface area contributed by atoms with E-state index in [1.54, 1.807) is 17.5 Å². The number of hydrogen-bond donors (Lipinski definition) is 1. The molecule has 2 heterocycles. The molecule has 0 spiro atoms. The van der Waals surface area contributed by atoms with Gasteiger partial charge in [-0.2, -0.15) is 5.10 Å². The Labute approximate surface area is 122 Å². The number of rotatable bonds is 6. The summed E-state index contributed by atoms with van der Waals surface area (Å²) in [5.41, 5.74) is 2.13. The fourth-order valence-corrected chi connectivity index (χ4v) is 3.03. The first-order valence-electron chi connectivity index (χ1n) is 6.43. The minimum absolute atomic E-state index is 0.154. The van der Waals surface area contributed by atoms with Crippen LogP contribution in [0, 0.1) is 6.92 Å². The van der Waals surface area contributed by atoms with Crippen molar-refractivity contribution in [2.45, 2.75) is 32.7 Å². The highest BCUT2D eigenvalue weighted by Crippen LogP contribution is 2.25. The number of aryl methyl sites for hydroxylation is 2. The molecule has 0 radical (unpaired) electrons. The summed E-state index contributed by atoms with van der Waals surface area (Å²) in [4.78, 5) is 4.53. The molecule has 0 fully saturated rings. The highest BCUT2D eigenvalue weighted by molar-refractivity contribution is 7.09. The van der Waals surface area contributed by atoms with Crippen LogP contribution >= 0.6 is 22.9 Å². The van der Waals surface area contributed by atoms with Crippen LogP contribution in [0.4, 0.5) is 0 Å². The fraction of sp³-hybridized carbons (Fsp3) is 0.538. The van der Waals surface area contributed by atoms with Crippen molar-refractivity contribution in [3.63, 3.8) is 0 Å². The quantitative estimate of drug-likeness (QED) is 0.891. The second-order valence-corrected chi connectivity index (χ2v) is 6.04. The number of hydrogen-bond acceptors (Lipinski definition) is 4. The van der Waals surface area contributed by atoms with E-state index < -0.39 is 0 Å². The Morgan fingerprint density at radius 1 is 1.53 bits per heavy atom. The van der Waals surface area contributed by atoms with Gasteiger partial charge in [0.2, 0.25) is 0 Å². The van der Waals surface area contributed by atoms with Gasteiger partial charge >= 0.3 is 0 Å². The number of nitrogens with one attached hydrogen (secondary N) is 1. The molecule has 1 atom stereocenters. The maximum atomic E-state index is 6.25. The molecule has 0 bridgehead atoms.